The van der Waals surface area contributed by atoms with Gasteiger partial charge in [-0.1, -0.05) is 12.1 Å². The summed E-state index contributed by atoms with van der Waals surface area (Å²) in [5.74, 6) is -1.18. The van der Waals surface area contributed by atoms with E-state index in [1.165, 1.54) is 18.2 Å². The Morgan fingerprint density at radius 2 is 2.14 bits per heavy atom. The molecule has 7 heteroatoms. The lowest BCUT2D eigenvalue weighted by molar-refractivity contribution is -0.385. The first-order valence-electron chi connectivity index (χ1n) is 5.76. The molecule has 0 bridgehead atoms. The molecule has 0 aliphatic carbocycles. The van der Waals surface area contributed by atoms with Crippen LogP contribution in [0.5, 0.6) is 11.5 Å². The van der Waals surface area contributed by atoms with E-state index in [1.807, 2.05) is 6.07 Å². The van der Waals surface area contributed by atoms with Gasteiger partial charge in [-0.25, -0.2) is 4.39 Å². The molecule has 0 amide bonds. The Kier molecular flexibility index (Phi) is 4.36. The number of para-hydroxylation sites is 1. The molecule has 0 radical (unpaired) electrons. The highest BCUT2D eigenvalue weighted by Gasteiger charge is 2.21. The quantitative estimate of drug-likeness (QED) is 0.483. The molecule has 0 heterocycles. The second-order valence-corrected chi connectivity index (χ2v) is 4.29. The molecule has 0 unspecified atom stereocenters. The predicted molar refractivity (Wildman–Crippen MR) is 73.8 cm³/mol. The van der Waals surface area contributed by atoms with Gasteiger partial charge in [-0.2, -0.15) is 5.26 Å². The highest BCUT2D eigenvalue weighted by atomic mass is 35.5. The van der Waals surface area contributed by atoms with Gasteiger partial charge in [-0.15, -0.1) is 11.6 Å². The van der Waals surface area contributed by atoms with Gasteiger partial charge in [-0.05, 0) is 23.8 Å². The maximum absolute atomic E-state index is 13.7. The van der Waals surface area contributed by atoms with E-state index < -0.39 is 22.2 Å². The number of rotatable bonds is 4. The Hall–Kier alpha value is -2.65. The van der Waals surface area contributed by atoms with E-state index >= 15 is 0 Å². The average Bonchev–Trinajstić information content (AvgIpc) is 2.49. The molecule has 21 heavy (non-hydrogen) atoms. The number of hydrogen-bond donors (Lipinski definition) is 0. The number of ether oxygens (including phenoxy) is 1. The molecule has 0 atom stereocenters. The van der Waals surface area contributed by atoms with E-state index in [9.17, 15) is 14.5 Å². The van der Waals surface area contributed by atoms with Crippen LogP contribution in [0.25, 0.3) is 0 Å². The van der Waals surface area contributed by atoms with Crippen molar-refractivity contribution >= 4 is 17.3 Å². The van der Waals surface area contributed by atoms with E-state index in [0.717, 1.165) is 12.1 Å². The Morgan fingerprint density at radius 1 is 1.38 bits per heavy atom. The maximum Gasteiger partial charge on any atom is 0.314 e. The van der Waals surface area contributed by atoms with Crippen LogP contribution < -0.4 is 4.74 Å². The van der Waals surface area contributed by atoms with E-state index in [-0.39, 0.29) is 17.2 Å². The fourth-order valence-corrected chi connectivity index (χ4v) is 1.86. The van der Waals surface area contributed by atoms with Crippen LogP contribution >= 0.6 is 11.6 Å². The molecule has 2 rings (SSSR count). The molecule has 0 aliphatic heterocycles. The number of nitro benzene ring substituents is 1. The molecule has 0 saturated heterocycles. The number of halogens is 2. The summed E-state index contributed by atoms with van der Waals surface area (Å²) in [4.78, 5) is 10.1. The third-order valence-electron chi connectivity index (χ3n) is 2.67. The van der Waals surface area contributed by atoms with Crippen molar-refractivity contribution in [1.29, 1.82) is 5.26 Å². The van der Waals surface area contributed by atoms with Gasteiger partial charge in [0.25, 0.3) is 0 Å². The molecular formula is C14H8ClFN2O3. The third-order valence-corrected chi connectivity index (χ3v) is 2.98. The van der Waals surface area contributed by atoms with Crippen LogP contribution in [0.1, 0.15) is 11.1 Å². The van der Waals surface area contributed by atoms with Crippen molar-refractivity contribution in [3.63, 3.8) is 0 Å². The summed E-state index contributed by atoms with van der Waals surface area (Å²) in [6, 6.07) is 9.76. The van der Waals surface area contributed by atoms with Crippen LogP contribution in [0.15, 0.2) is 36.4 Å². The Morgan fingerprint density at radius 3 is 2.76 bits per heavy atom. The topological polar surface area (TPSA) is 76.2 Å². The van der Waals surface area contributed by atoms with Crippen molar-refractivity contribution in [2.45, 2.75) is 5.88 Å². The van der Waals surface area contributed by atoms with Gasteiger partial charge in [0.2, 0.25) is 5.75 Å². The third kappa shape index (κ3) is 3.09. The van der Waals surface area contributed by atoms with Crippen molar-refractivity contribution in [2.24, 2.45) is 0 Å². The monoisotopic (exact) mass is 306 g/mol. The second kappa shape index (κ2) is 6.20. The lowest BCUT2D eigenvalue weighted by Crippen LogP contribution is -1.97. The van der Waals surface area contributed by atoms with E-state index in [1.54, 1.807) is 6.07 Å². The Bertz CT molecular complexity index is 743. The molecule has 0 N–H and O–H groups in total. The summed E-state index contributed by atoms with van der Waals surface area (Å²) in [5, 5.41) is 20.0. The van der Waals surface area contributed by atoms with Crippen LogP contribution in [-0.4, -0.2) is 4.92 Å². The van der Waals surface area contributed by atoms with Gasteiger partial charge in [0.15, 0.2) is 5.82 Å². The normalized spacial score (nSPS) is 9.95. The van der Waals surface area contributed by atoms with Gasteiger partial charge in [0.05, 0.1) is 10.5 Å². The van der Waals surface area contributed by atoms with Crippen LogP contribution in [-0.2, 0) is 5.88 Å². The summed E-state index contributed by atoms with van der Waals surface area (Å²) in [5.41, 5.74) is 0.287. The summed E-state index contributed by atoms with van der Waals surface area (Å²) in [7, 11) is 0. The number of nitrogens with zero attached hydrogens (tertiary/aromatic N) is 2. The van der Waals surface area contributed by atoms with Crippen LogP contribution in [0.2, 0.25) is 0 Å². The smallest absolute Gasteiger partial charge is 0.314 e. The maximum atomic E-state index is 13.7. The standard InChI is InChI=1S/C14H8ClFN2O3/c15-7-9-4-5-13(10(6-9)8-17)21-14-11(16)2-1-3-12(14)18(19)20/h1-6H,7H2. The second-order valence-electron chi connectivity index (χ2n) is 4.02. The van der Waals surface area contributed by atoms with Crippen molar-refractivity contribution in [3.05, 3.63) is 63.5 Å². The number of alkyl halides is 1. The lowest BCUT2D eigenvalue weighted by atomic mass is 10.1. The molecule has 0 spiro atoms. The predicted octanol–water partition coefficient (Wildman–Crippen LogP) is 4.14. The summed E-state index contributed by atoms with van der Waals surface area (Å²) in [6.07, 6.45) is 0. The molecule has 0 aromatic heterocycles. The minimum atomic E-state index is -0.880. The summed E-state index contributed by atoms with van der Waals surface area (Å²) < 4.78 is 19.0. The van der Waals surface area contributed by atoms with Gasteiger partial charge in [-0.3, -0.25) is 10.1 Å². The first-order valence-corrected chi connectivity index (χ1v) is 6.30. The molecule has 5 nitrogen and oxygen atoms in total. The van der Waals surface area contributed by atoms with Crippen molar-refractivity contribution < 1.29 is 14.1 Å². The fraction of sp³-hybridized carbons (Fsp3) is 0.0714. The zero-order chi connectivity index (χ0) is 15.4. The Balaban J connectivity index is 2.48. The largest absolute Gasteiger partial charge is 0.446 e. The molecule has 0 aliphatic rings. The Labute approximate surface area is 124 Å². The summed E-state index contributed by atoms with van der Waals surface area (Å²) in [6.45, 7) is 0. The highest BCUT2D eigenvalue weighted by Crippen LogP contribution is 2.35. The molecule has 2 aromatic rings. The minimum Gasteiger partial charge on any atom is -0.446 e. The molecule has 106 valence electrons. The van der Waals surface area contributed by atoms with Gasteiger partial charge in [0, 0.05) is 11.9 Å². The molecule has 0 saturated carbocycles. The highest BCUT2D eigenvalue weighted by molar-refractivity contribution is 6.17. The number of benzene rings is 2. The van der Waals surface area contributed by atoms with Gasteiger partial charge < -0.3 is 4.74 Å². The van der Waals surface area contributed by atoms with Gasteiger partial charge in [0.1, 0.15) is 11.8 Å². The zero-order valence-corrected chi connectivity index (χ0v) is 11.3. The zero-order valence-electron chi connectivity index (χ0n) is 10.5. The minimum absolute atomic E-state index is 0.0274. The van der Waals surface area contributed by atoms with Crippen molar-refractivity contribution in [3.8, 4) is 17.6 Å². The number of hydrogen-bond acceptors (Lipinski definition) is 4. The van der Waals surface area contributed by atoms with Crippen LogP contribution in [0, 0.1) is 27.3 Å². The van der Waals surface area contributed by atoms with E-state index in [2.05, 4.69) is 0 Å². The summed E-state index contributed by atoms with van der Waals surface area (Å²) >= 11 is 5.66. The van der Waals surface area contributed by atoms with Crippen LogP contribution in [0.3, 0.4) is 0 Å². The van der Waals surface area contributed by atoms with Crippen molar-refractivity contribution in [2.75, 3.05) is 0 Å². The molecular weight excluding hydrogens is 299 g/mol. The fourth-order valence-electron chi connectivity index (χ4n) is 1.69. The average molecular weight is 307 g/mol. The van der Waals surface area contributed by atoms with E-state index in [4.69, 9.17) is 21.6 Å². The SMILES string of the molecule is N#Cc1cc(CCl)ccc1Oc1c(F)cccc1[N+](=O)[O-]. The number of nitro groups is 1. The molecule has 0 fully saturated rings. The van der Waals surface area contributed by atoms with E-state index in [0.29, 0.717) is 5.56 Å². The van der Waals surface area contributed by atoms with Gasteiger partial charge >= 0.3 is 5.69 Å². The first-order chi connectivity index (χ1) is 10.1. The van der Waals surface area contributed by atoms with Crippen LogP contribution in [0.4, 0.5) is 10.1 Å². The number of nitriles is 1. The van der Waals surface area contributed by atoms with Crippen molar-refractivity contribution in [1.82, 2.24) is 0 Å². The molecule has 2 aromatic carbocycles. The first kappa shape index (κ1) is 14.8. The lowest BCUT2D eigenvalue weighted by Gasteiger charge is -2.09.